The minimum Gasteiger partial charge on any atom is -0.457 e. The quantitative estimate of drug-likeness (QED) is 0.477. The van der Waals surface area contributed by atoms with Crippen molar-refractivity contribution < 1.29 is 23.9 Å². The number of hydrogen-bond donors (Lipinski definition) is 1. The molecule has 1 aromatic carbocycles. The van der Waals surface area contributed by atoms with Crippen LogP contribution in [-0.2, 0) is 4.74 Å². The van der Waals surface area contributed by atoms with E-state index < -0.39 is 5.97 Å². The number of rotatable bonds is 5. The van der Waals surface area contributed by atoms with Gasteiger partial charge in [-0.3, -0.25) is 9.42 Å². The van der Waals surface area contributed by atoms with Crippen molar-refractivity contribution in [2.24, 2.45) is 0 Å². The van der Waals surface area contributed by atoms with Gasteiger partial charge in [-0.2, -0.15) is 0 Å². The van der Waals surface area contributed by atoms with E-state index in [0.29, 0.717) is 5.56 Å². The first-order chi connectivity index (χ1) is 10.5. The Morgan fingerprint density at radius 1 is 1.41 bits per heavy atom. The van der Waals surface area contributed by atoms with Gasteiger partial charge in [-0.15, -0.1) is 0 Å². The summed E-state index contributed by atoms with van der Waals surface area (Å²) in [7, 11) is 0. The van der Waals surface area contributed by atoms with Gasteiger partial charge >= 0.3 is 11.7 Å². The molecule has 0 radical (unpaired) electrons. The molecule has 116 valence electrons. The molecule has 0 unspecified atom stereocenters. The van der Waals surface area contributed by atoms with Crippen molar-refractivity contribution >= 4 is 27.8 Å². The molecule has 0 aliphatic rings. The maximum absolute atomic E-state index is 11.8. The zero-order chi connectivity index (χ0) is 16.1. The molecule has 1 heterocycles. The fraction of sp³-hybridized carbons (Fsp3) is 0.231. The summed E-state index contributed by atoms with van der Waals surface area (Å²) >= 11 is 3.28. The lowest BCUT2D eigenvalue weighted by atomic mass is 10.2. The second-order valence-corrected chi connectivity index (χ2v) is 5.18. The van der Waals surface area contributed by atoms with E-state index in [1.165, 1.54) is 6.92 Å². The summed E-state index contributed by atoms with van der Waals surface area (Å²) in [6, 6.07) is 6.83. The van der Waals surface area contributed by atoms with E-state index in [1.807, 2.05) is 0 Å². The van der Waals surface area contributed by atoms with Gasteiger partial charge in [0, 0.05) is 17.0 Å². The monoisotopic (exact) mass is 369 g/mol. The predicted molar refractivity (Wildman–Crippen MR) is 77.0 cm³/mol. The van der Waals surface area contributed by atoms with Crippen LogP contribution in [0.5, 0.6) is 0 Å². The molecule has 1 aromatic heterocycles. The van der Waals surface area contributed by atoms with Gasteiger partial charge in [-0.25, -0.2) is 4.79 Å². The molecule has 22 heavy (non-hydrogen) atoms. The van der Waals surface area contributed by atoms with Crippen LogP contribution in [-0.4, -0.2) is 30.2 Å². The van der Waals surface area contributed by atoms with Gasteiger partial charge in [0.1, 0.15) is 6.61 Å². The fourth-order valence-electron chi connectivity index (χ4n) is 1.56. The summed E-state index contributed by atoms with van der Waals surface area (Å²) in [5.74, 6) is -1.06. The van der Waals surface area contributed by atoms with Gasteiger partial charge < -0.3 is 15.3 Å². The molecular weight excluding hydrogens is 358 g/mol. The van der Waals surface area contributed by atoms with Crippen LogP contribution in [0.25, 0.3) is 0 Å². The number of amides is 1. The van der Waals surface area contributed by atoms with Crippen LogP contribution in [0.1, 0.15) is 26.5 Å². The van der Waals surface area contributed by atoms with Gasteiger partial charge in [0.15, 0.2) is 0 Å². The molecule has 0 spiro atoms. The summed E-state index contributed by atoms with van der Waals surface area (Å²) in [6.45, 7) is 1.47. The Kier molecular flexibility index (Phi) is 5.10. The highest BCUT2D eigenvalue weighted by molar-refractivity contribution is 9.10. The number of nitrogens with one attached hydrogen (secondary N) is 1. The van der Waals surface area contributed by atoms with E-state index in [1.54, 1.807) is 24.3 Å². The number of benzene rings is 1. The van der Waals surface area contributed by atoms with Crippen LogP contribution in [0.4, 0.5) is 0 Å². The van der Waals surface area contributed by atoms with Gasteiger partial charge in [-0.05, 0) is 29.2 Å². The van der Waals surface area contributed by atoms with Crippen molar-refractivity contribution in [3.8, 4) is 0 Å². The summed E-state index contributed by atoms with van der Waals surface area (Å²) in [5.41, 5.74) is 0.326. The Morgan fingerprint density at radius 2 is 2.09 bits per heavy atom. The molecule has 0 aliphatic carbocycles. The van der Waals surface area contributed by atoms with Crippen LogP contribution in [0, 0.1) is 12.1 Å². The normalized spacial score (nSPS) is 10.3. The van der Waals surface area contributed by atoms with E-state index in [-0.39, 0.29) is 35.3 Å². The lowest BCUT2D eigenvalue weighted by Crippen LogP contribution is -2.29. The number of esters is 1. The number of aromatic nitrogens is 2. The lowest BCUT2D eigenvalue weighted by molar-refractivity contribution is -0.806. The van der Waals surface area contributed by atoms with E-state index in [2.05, 4.69) is 31.0 Å². The minimum absolute atomic E-state index is 0.0175. The fourth-order valence-corrected chi connectivity index (χ4v) is 1.82. The van der Waals surface area contributed by atoms with Gasteiger partial charge in [-0.1, -0.05) is 15.9 Å². The number of halogens is 1. The highest BCUT2D eigenvalue weighted by Gasteiger charge is 2.24. The van der Waals surface area contributed by atoms with Crippen molar-refractivity contribution in [1.82, 2.24) is 10.5 Å². The second-order valence-electron chi connectivity index (χ2n) is 4.26. The van der Waals surface area contributed by atoms with Crippen molar-refractivity contribution in [1.29, 1.82) is 0 Å². The van der Waals surface area contributed by atoms with E-state index >= 15 is 0 Å². The molecule has 2 rings (SSSR count). The predicted octanol–water partition coefficient (Wildman–Crippen LogP) is 0.966. The first-order valence-electron chi connectivity index (χ1n) is 6.26. The topological polar surface area (TPSA) is 108 Å². The van der Waals surface area contributed by atoms with Crippen LogP contribution in [0.2, 0.25) is 0 Å². The summed E-state index contributed by atoms with van der Waals surface area (Å²) < 4.78 is 10.0. The van der Waals surface area contributed by atoms with E-state index in [4.69, 9.17) is 4.74 Å². The Bertz CT molecular complexity index is 683. The lowest BCUT2D eigenvalue weighted by Gasteiger charge is -2.05. The third-order valence-electron chi connectivity index (χ3n) is 2.74. The Balaban J connectivity index is 1.77. The highest BCUT2D eigenvalue weighted by atomic mass is 79.9. The van der Waals surface area contributed by atoms with Crippen molar-refractivity contribution in [2.45, 2.75) is 6.92 Å². The van der Waals surface area contributed by atoms with Crippen LogP contribution < -0.4 is 10.2 Å². The van der Waals surface area contributed by atoms with Gasteiger partial charge in [0.25, 0.3) is 5.91 Å². The third kappa shape index (κ3) is 3.82. The minimum atomic E-state index is -0.784. The molecule has 0 aliphatic heterocycles. The zero-order valence-corrected chi connectivity index (χ0v) is 13.1. The molecule has 0 fully saturated rings. The third-order valence-corrected chi connectivity index (χ3v) is 3.27. The van der Waals surface area contributed by atoms with Gasteiger partial charge in [0.05, 0.1) is 11.7 Å². The van der Waals surface area contributed by atoms with Crippen LogP contribution >= 0.6 is 15.9 Å². The van der Waals surface area contributed by atoms with Crippen molar-refractivity contribution in [3.05, 3.63) is 50.9 Å². The summed E-state index contributed by atoms with van der Waals surface area (Å²) in [4.78, 5) is 23.5. The Morgan fingerprint density at radius 3 is 2.68 bits per heavy atom. The molecule has 1 N–H and O–H groups in total. The smallest absolute Gasteiger partial charge is 0.389 e. The summed E-state index contributed by atoms with van der Waals surface area (Å²) in [6.07, 6.45) is 0. The Hall–Kier alpha value is -2.42. The average Bonchev–Trinajstić information content (AvgIpc) is 2.84. The SMILES string of the molecule is Cc1c(C(=O)OCCNC(=O)c2ccc(Br)cc2)no[n+]1[O-]. The van der Waals surface area contributed by atoms with Crippen molar-refractivity contribution in [3.63, 3.8) is 0 Å². The highest BCUT2D eigenvalue weighted by Crippen LogP contribution is 2.10. The van der Waals surface area contributed by atoms with E-state index in [9.17, 15) is 14.8 Å². The van der Waals surface area contributed by atoms with Gasteiger partial charge in [0.2, 0.25) is 5.69 Å². The largest absolute Gasteiger partial charge is 0.457 e. The van der Waals surface area contributed by atoms with Crippen molar-refractivity contribution in [2.75, 3.05) is 13.2 Å². The number of ether oxygens (including phenoxy) is 1. The molecule has 0 bridgehead atoms. The maximum atomic E-state index is 11.8. The Labute approximate surface area is 133 Å². The molecule has 8 nitrogen and oxygen atoms in total. The summed E-state index contributed by atoms with van der Waals surface area (Å²) in [5, 5.41) is 16.9. The number of hydrogen-bond acceptors (Lipinski definition) is 6. The second kappa shape index (κ2) is 7.03. The molecular formula is C13H12BrN3O5. The van der Waals surface area contributed by atoms with Crippen LogP contribution in [0.15, 0.2) is 33.4 Å². The van der Waals surface area contributed by atoms with Crippen LogP contribution in [0.3, 0.4) is 0 Å². The maximum Gasteiger partial charge on any atom is 0.389 e. The molecule has 1 amide bonds. The zero-order valence-electron chi connectivity index (χ0n) is 11.5. The average molecular weight is 370 g/mol. The number of nitrogens with zero attached hydrogens (tertiary/aromatic N) is 2. The van der Waals surface area contributed by atoms with E-state index in [0.717, 1.165) is 4.47 Å². The first-order valence-corrected chi connectivity index (χ1v) is 7.05. The molecule has 0 saturated carbocycles. The number of carbonyl (C=O) groups is 2. The molecule has 0 atom stereocenters. The standard InChI is InChI=1S/C13H12BrN3O5/c1-8-11(16-22-17(8)20)13(19)21-7-6-15-12(18)9-2-4-10(14)5-3-9/h2-5H,6-7H2,1H3,(H,15,18). The number of carbonyl (C=O) groups excluding carboxylic acids is 2. The molecule has 9 heteroatoms. The molecule has 0 saturated heterocycles. The molecule has 2 aromatic rings. The first kappa shape index (κ1) is 16.0.